The van der Waals surface area contributed by atoms with Gasteiger partial charge in [-0.3, -0.25) is 14.5 Å². The van der Waals surface area contributed by atoms with E-state index in [2.05, 4.69) is 15.5 Å². The third kappa shape index (κ3) is 6.60. The lowest BCUT2D eigenvalue weighted by Gasteiger charge is -2.26. The Morgan fingerprint density at radius 3 is 2.54 bits per heavy atom. The monoisotopic (exact) mass is 387 g/mol. The molecule has 2 amide bonds. The molecule has 0 radical (unpaired) electrons. The smallest absolute Gasteiger partial charge is 0.242 e. The van der Waals surface area contributed by atoms with Gasteiger partial charge in [0.2, 0.25) is 11.8 Å². The molecule has 1 saturated heterocycles. The number of nitrogens with one attached hydrogen (secondary N) is 2. The first-order chi connectivity index (χ1) is 13.7. The summed E-state index contributed by atoms with van der Waals surface area (Å²) in [4.78, 5) is 27.7. The van der Waals surface area contributed by atoms with Crippen molar-refractivity contribution >= 4 is 11.8 Å². The molecule has 3 rings (SSSR count). The number of carbonyl (C=O) groups is 2. The van der Waals surface area contributed by atoms with Crippen LogP contribution in [0.2, 0.25) is 0 Å². The number of carbonyl (C=O) groups excluding carboxylic acids is 2. The summed E-state index contributed by atoms with van der Waals surface area (Å²) >= 11 is 0. The molecule has 0 aromatic heterocycles. The highest BCUT2D eigenvalue weighted by Crippen LogP contribution is 2.24. The second-order valence-electron chi connectivity index (χ2n) is 7.83. The lowest BCUT2D eigenvalue weighted by atomic mass is 10.0. The standard InChI is InChI=1S/C22H33N3O3/c26-21(19-9-4-5-10-19)24-20(17-18-7-2-1-3-8-18)22(27)23-11-6-12-25-13-15-28-16-14-25/h1-3,7-8,19-20H,4-6,9-17H2,(H,23,27)(H,24,26)/t20-/m1/s1. The van der Waals surface area contributed by atoms with E-state index >= 15 is 0 Å². The quantitative estimate of drug-likeness (QED) is 0.633. The first-order valence-electron chi connectivity index (χ1n) is 10.6. The number of ether oxygens (including phenoxy) is 1. The first kappa shape index (κ1) is 20.8. The van der Waals surface area contributed by atoms with E-state index in [0.717, 1.165) is 70.5 Å². The van der Waals surface area contributed by atoms with Gasteiger partial charge in [-0.1, -0.05) is 43.2 Å². The van der Waals surface area contributed by atoms with Gasteiger partial charge in [0, 0.05) is 32.0 Å². The Morgan fingerprint density at radius 1 is 1.11 bits per heavy atom. The molecule has 2 fully saturated rings. The number of rotatable bonds is 9. The Morgan fingerprint density at radius 2 is 1.82 bits per heavy atom. The van der Waals surface area contributed by atoms with Crippen molar-refractivity contribution in [1.29, 1.82) is 0 Å². The Labute approximate surface area is 168 Å². The largest absolute Gasteiger partial charge is 0.379 e. The average Bonchev–Trinajstić information content (AvgIpc) is 3.27. The Balaban J connectivity index is 1.49. The van der Waals surface area contributed by atoms with E-state index in [-0.39, 0.29) is 17.7 Å². The zero-order chi connectivity index (χ0) is 19.6. The van der Waals surface area contributed by atoms with Crippen molar-refractivity contribution in [3.8, 4) is 0 Å². The van der Waals surface area contributed by atoms with Gasteiger partial charge in [0.25, 0.3) is 0 Å². The molecule has 0 unspecified atom stereocenters. The Hall–Kier alpha value is -1.92. The van der Waals surface area contributed by atoms with Crippen LogP contribution in [-0.4, -0.2) is 62.1 Å². The zero-order valence-electron chi connectivity index (χ0n) is 16.7. The molecule has 154 valence electrons. The molecule has 1 atom stereocenters. The number of hydrogen-bond acceptors (Lipinski definition) is 4. The lowest BCUT2D eigenvalue weighted by Crippen LogP contribution is -2.49. The summed E-state index contributed by atoms with van der Waals surface area (Å²) < 4.78 is 5.36. The van der Waals surface area contributed by atoms with E-state index in [1.807, 2.05) is 30.3 Å². The van der Waals surface area contributed by atoms with E-state index in [9.17, 15) is 9.59 Å². The summed E-state index contributed by atoms with van der Waals surface area (Å²) in [5, 5.41) is 6.05. The summed E-state index contributed by atoms with van der Waals surface area (Å²) in [6.07, 6.45) is 5.51. The molecule has 28 heavy (non-hydrogen) atoms. The third-order valence-electron chi connectivity index (χ3n) is 5.70. The molecule has 0 spiro atoms. The van der Waals surface area contributed by atoms with Crippen LogP contribution < -0.4 is 10.6 Å². The highest BCUT2D eigenvalue weighted by molar-refractivity contribution is 5.88. The third-order valence-corrected chi connectivity index (χ3v) is 5.70. The number of hydrogen-bond donors (Lipinski definition) is 2. The molecule has 1 aromatic carbocycles. The predicted octanol–water partition coefficient (Wildman–Crippen LogP) is 1.74. The van der Waals surface area contributed by atoms with Gasteiger partial charge < -0.3 is 15.4 Å². The van der Waals surface area contributed by atoms with Crippen molar-refractivity contribution in [3.05, 3.63) is 35.9 Å². The Kier molecular flexibility index (Phi) is 8.30. The second-order valence-corrected chi connectivity index (χ2v) is 7.83. The minimum atomic E-state index is -0.515. The first-order valence-corrected chi connectivity index (χ1v) is 10.6. The number of benzene rings is 1. The molecule has 1 aliphatic carbocycles. The minimum absolute atomic E-state index is 0.0295. The van der Waals surface area contributed by atoms with Gasteiger partial charge in [0.05, 0.1) is 13.2 Å². The second kappa shape index (κ2) is 11.2. The summed E-state index contributed by atoms with van der Waals surface area (Å²) in [6.45, 7) is 5.09. The highest BCUT2D eigenvalue weighted by atomic mass is 16.5. The molecule has 0 bridgehead atoms. The lowest BCUT2D eigenvalue weighted by molar-refractivity contribution is -0.131. The molecule has 6 heteroatoms. The van der Waals surface area contributed by atoms with Crippen molar-refractivity contribution in [2.45, 2.75) is 44.6 Å². The molecule has 2 N–H and O–H groups in total. The minimum Gasteiger partial charge on any atom is -0.379 e. The molecule has 1 saturated carbocycles. The number of nitrogens with zero attached hydrogens (tertiary/aromatic N) is 1. The van der Waals surface area contributed by atoms with Crippen molar-refractivity contribution in [2.75, 3.05) is 39.4 Å². The predicted molar refractivity (Wildman–Crippen MR) is 109 cm³/mol. The van der Waals surface area contributed by atoms with E-state index in [4.69, 9.17) is 4.74 Å². The Bertz CT molecular complexity index is 611. The van der Waals surface area contributed by atoms with Crippen LogP contribution in [0.4, 0.5) is 0 Å². The van der Waals surface area contributed by atoms with E-state index in [1.54, 1.807) is 0 Å². The molecule has 1 aliphatic heterocycles. The summed E-state index contributed by atoms with van der Waals surface area (Å²) in [7, 11) is 0. The van der Waals surface area contributed by atoms with Gasteiger partial charge in [-0.05, 0) is 31.4 Å². The highest BCUT2D eigenvalue weighted by Gasteiger charge is 2.27. The van der Waals surface area contributed by atoms with Crippen LogP contribution in [0, 0.1) is 5.92 Å². The summed E-state index contributed by atoms with van der Waals surface area (Å²) in [5.41, 5.74) is 1.06. The van der Waals surface area contributed by atoms with Gasteiger partial charge in [0.15, 0.2) is 0 Å². The van der Waals surface area contributed by atoms with Crippen LogP contribution in [0.25, 0.3) is 0 Å². The normalized spacial score (nSPS) is 19.3. The van der Waals surface area contributed by atoms with Crippen LogP contribution in [-0.2, 0) is 20.7 Å². The molecule has 1 aromatic rings. The topological polar surface area (TPSA) is 70.7 Å². The maximum atomic E-state index is 12.8. The van der Waals surface area contributed by atoms with E-state index in [1.165, 1.54) is 0 Å². The van der Waals surface area contributed by atoms with Crippen LogP contribution >= 0.6 is 0 Å². The van der Waals surface area contributed by atoms with E-state index in [0.29, 0.717) is 13.0 Å². The van der Waals surface area contributed by atoms with Gasteiger partial charge in [0.1, 0.15) is 6.04 Å². The number of morpholine rings is 1. The van der Waals surface area contributed by atoms with Crippen LogP contribution in [0.5, 0.6) is 0 Å². The van der Waals surface area contributed by atoms with Crippen molar-refractivity contribution < 1.29 is 14.3 Å². The summed E-state index contributed by atoms with van der Waals surface area (Å²) in [5.74, 6) is 0.00599. The maximum Gasteiger partial charge on any atom is 0.242 e. The van der Waals surface area contributed by atoms with Crippen molar-refractivity contribution in [3.63, 3.8) is 0 Å². The zero-order valence-corrected chi connectivity index (χ0v) is 16.7. The van der Waals surface area contributed by atoms with Crippen LogP contribution in [0.3, 0.4) is 0 Å². The van der Waals surface area contributed by atoms with Gasteiger partial charge in [-0.25, -0.2) is 0 Å². The molecular weight excluding hydrogens is 354 g/mol. The molecule has 2 aliphatic rings. The molecule has 6 nitrogen and oxygen atoms in total. The van der Waals surface area contributed by atoms with Crippen molar-refractivity contribution in [2.24, 2.45) is 5.92 Å². The van der Waals surface area contributed by atoms with E-state index < -0.39 is 6.04 Å². The molecule has 1 heterocycles. The fourth-order valence-electron chi connectivity index (χ4n) is 4.00. The summed E-state index contributed by atoms with van der Waals surface area (Å²) in [6, 6.07) is 9.37. The maximum absolute atomic E-state index is 12.8. The van der Waals surface area contributed by atoms with Crippen LogP contribution in [0.1, 0.15) is 37.7 Å². The SMILES string of the molecule is O=C(N[C@H](Cc1ccccc1)C(=O)NCCCN1CCOCC1)C1CCCC1. The number of amides is 2. The molecular formula is C22H33N3O3. The van der Waals surface area contributed by atoms with Gasteiger partial charge >= 0.3 is 0 Å². The van der Waals surface area contributed by atoms with Gasteiger partial charge in [-0.2, -0.15) is 0 Å². The fraction of sp³-hybridized carbons (Fsp3) is 0.636. The average molecular weight is 388 g/mol. The van der Waals surface area contributed by atoms with Gasteiger partial charge in [-0.15, -0.1) is 0 Å². The van der Waals surface area contributed by atoms with Crippen molar-refractivity contribution in [1.82, 2.24) is 15.5 Å². The van der Waals surface area contributed by atoms with Crippen LogP contribution in [0.15, 0.2) is 30.3 Å². The fourth-order valence-corrected chi connectivity index (χ4v) is 4.00.